The van der Waals surface area contributed by atoms with E-state index in [1.165, 1.54) is 19.5 Å². The molecule has 7 heteroatoms. The number of rotatable bonds is 5. The molecular formula is C11H15N3O4. The van der Waals surface area contributed by atoms with Crippen LogP contribution in [0, 0.1) is 0 Å². The number of carbonyl (C=O) groups excluding carboxylic acids is 1. The van der Waals surface area contributed by atoms with Crippen molar-refractivity contribution in [1.82, 2.24) is 9.97 Å². The van der Waals surface area contributed by atoms with E-state index in [1.54, 1.807) is 13.8 Å². The number of nitrogens with one attached hydrogen (secondary N) is 1. The molecule has 0 fully saturated rings. The highest BCUT2D eigenvalue weighted by atomic mass is 16.5. The third-order valence-corrected chi connectivity index (χ3v) is 2.30. The summed E-state index contributed by atoms with van der Waals surface area (Å²) in [7, 11) is 1.50. The minimum Gasteiger partial charge on any atom is -0.476 e. The Morgan fingerprint density at radius 3 is 2.56 bits per heavy atom. The maximum Gasteiger partial charge on any atom is 0.358 e. The van der Waals surface area contributed by atoms with Crippen molar-refractivity contribution >= 4 is 17.7 Å². The fourth-order valence-electron chi connectivity index (χ4n) is 1.22. The van der Waals surface area contributed by atoms with Gasteiger partial charge in [-0.3, -0.25) is 4.79 Å². The van der Waals surface area contributed by atoms with Crippen molar-refractivity contribution in [2.45, 2.75) is 25.9 Å². The van der Waals surface area contributed by atoms with Crippen molar-refractivity contribution in [1.29, 1.82) is 0 Å². The highest BCUT2D eigenvalue weighted by Gasteiger charge is 2.23. The molecule has 0 aliphatic rings. The molecule has 1 aromatic heterocycles. The summed E-state index contributed by atoms with van der Waals surface area (Å²) in [6.45, 7) is 3.50. The molecule has 18 heavy (non-hydrogen) atoms. The van der Waals surface area contributed by atoms with Gasteiger partial charge in [-0.05, 0) is 13.8 Å². The summed E-state index contributed by atoms with van der Waals surface area (Å²) in [5.74, 6) is -1.70. The van der Waals surface area contributed by atoms with E-state index in [-0.39, 0.29) is 23.8 Å². The van der Waals surface area contributed by atoms with Crippen LogP contribution < -0.4 is 5.32 Å². The molecule has 0 spiro atoms. The van der Waals surface area contributed by atoms with Crippen LogP contribution in [0.1, 0.15) is 30.8 Å². The Labute approximate surface area is 104 Å². The first-order chi connectivity index (χ1) is 8.35. The first-order valence-electron chi connectivity index (χ1n) is 5.25. The number of ether oxygens (including phenoxy) is 1. The Hall–Kier alpha value is -2.02. The topological polar surface area (TPSA) is 101 Å². The van der Waals surface area contributed by atoms with Crippen LogP contribution in [-0.4, -0.2) is 39.7 Å². The summed E-state index contributed by atoms with van der Waals surface area (Å²) in [5, 5.41) is 11.3. The first-order valence-corrected chi connectivity index (χ1v) is 5.25. The molecule has 0 aliphatic heterocycles. The van der Waals surface area contributed by atoms with Gasteiger partial charge >= 0.3 is 5.97 Å². The van der Waals surface area contributed by atoms with E-state index in [4.69, 9.17) is 9.84 Å². The summed E-state index contributed by atoms with van der Waals surface area (Å²) in [6.07, 6.45) is 2.64. The second kappa shape index (κ2) is 5.54. The molecule has 1 amide bonds. The number of aromatic nitrogens is 2. The van der Waals surface area contributed by atoms with Crippen molar-refractivity contribution in [2.24, 2.45) is 0 Å². The lowest BCUT2D eigenvalue weighted by atomic mass is 10.1. The molecule has 0 aliphatic carbocycles. The lowest BCUT2D eigenvalue weighted by Gasteiger charge is -2.21. The average Bonchev–Trinajstić information content (AvgIpc) is 2.28. The Balaban J connectivity index is 2.80. The highest BCUT2D eigenvalue weighted by Crippen LogP contribution is 2.15. The highest BCUT2D eigenvalue weighted by molar-refractivity contribution is 5.97. The molecule has 0 unspecified atom stereocenters. The maximum absolute atomic E-state index is 11.7. The normalized spacial score (nSPS) is 11.1. The number of carboxylic acid groups (broad SMARTS) is 1. The molecule has 0 aromatic carbocycles. The van der Waals surface area contributed by atoms with Gasteiger partial charge in [-0.25, -0.2) is 14.8 Å². The van der Waals surface area contributed by atoms with Gasteiger partial charge in [0, 0.05) is 19.5 Å². The van der Waals surface area contributed by atoms with Crippen molar-refractivity contribution in [3.8, 4) is 0 Å². The minimum absolute atomic E-state index is 0.0677. The van der Waals surface area contributed by atoms with Gasteiger partial charge in [-0.15, -0.1) is 0 Å². The number of methoxy groups -OCH3 is 1. The Morgan fingerprint density at radius 2 is 2.00 bits per heavy atom. The van der Waals surface area contributed by atoms with Crippen LogP contribution in [0.2, 0.25) is 0 Å². The zero-order valence-corrected chi connectivity index (χ0v) is 10.4. The van der Waals surface area contributed by atoms with E-state index in [2.05, 4.69) is 15.3 Å². The van der Waals surface area contributed by atoms with E-state index in [0.717, 1.165) is 0 Å². The Bertz CT molecular complexity index is 459. The average molecular weight is 253 g/mol. The number of hydrogen-bond donors (Lipinski definition) is 2. The van der Waals surface area contributed by atoms with E-state index < -0.39 is 11.6 Å². The van der Waals surface area contributed by atoms with Gasteiger partial charge in [0.15, 0.2) is 11.5 Å². The van der Waals surface area contributed by atoms with Crippen LogP contribution in [0.15, 0.2) is 12.4 Å². The zero-order chi connectivity index (χ0) is 13.8. The number of anilines is 1. The number of amides is 1. The Morgan fingerprint density at radius 1 is 1.39 bits per heavy atom. The van der Waals surface area contributed by atoms with Gasteiger partial charge in [0.05, 0.1) is 12.0 Å². The molecule has 0 saturated carbocycles. The largest absolute Gasteiger partial charge is 0.476 e. The molecule has 1 heterocycles. The number of carbonyl (C=O) groups is 2. The molecule has 98 valence electrons. The van der Waals surface area contributed by atoms with Crippen LogP contribution in [0.25, 0.3) is 0 Å². The molecular weight excluding hydrogens is 238 g/mol. The number of nitrogens with zero attached hydrogens (tertiary/aromatic N) is 2. The van der Waals surface area contributed by atoms with Gasteiger partial charge in [0.2, 0.25) is 5.91 Å². The fraction of sp³-hybridized carbons (Fsp3) is 0.455. The second-order valence-electron chi connectivity index (χ2n) is 4.25. The standard InChI is InChI=1S/C11H15N3O4/c1-11(2,18-3)6-7(15)14-9-8(10(16)17)12-4-5-13-9/h4-5H,6H2,1-3H3,(H,16,17)(H,13,14,15). The number of hydrogen-bond acceptors (Lipinski definition) is 5. The predicted molar refractivity (Wildman–Crippen MR) is 63.3 cm³/mol. The fourth-order valence-corrected chi connectivity index (χ4v) is 1.22. The monoisotopic (exact) mass is 253 g/mol. The maximum atomic E-state index is 11.7. The lowest BCUT2D eigenvalue weighted by molar-refractivity contribution is -0.121. The first kappa shape index (κ1) is 14.0. The third-order valence-electron chi connectivity index (χ3n) is 2.30. The van der Waals surface area contributed by atoms with Crippen molar-refractivity contribution in [3.05, 3.63) is 18.1 Å². The van der Waals surface area contributed by atoms with Gasteiger partial charge < -0.3 is 15.2 Å². The third kappa shape index (κ3) is 3.77. The predicted octanol–water partition coefficient (Wildman–Crippen LogP) is 0.928. The molecule has 0 atom stereocenters. The zero-order valence-electron chi connectivity index (χ0n) is 10.4. The van der Waals surface area contributed by atoms with E-state index >= 15 is 0 Å². The van der Waals surface area contributed by atoms with Crippen molar-refractivity contribution in [2.75, 3.05) is 12.4 Å². The van der Waals surface area contributed by atoms with Crippen LogP contribution in [-0.2, 0) is 9.53 Å². The SMILES string of the molecule is COC(C)(C)CC(=O)Nc1nccnc1C(=O)O. The van der Waals surface area contributed by atoms with Gasteiger partial charge in [-0.2, -0.15) is 0 Å². The molecule has 2 N–H and O–H groups in total. The van der Waals surface area contributed by atoms with Gasteiger partial charge in [-0.1, -0.05) is 0 Å². The van der Waals surface area contributed by atoms with Crippen molar-refractivity contribution < 1.29 is 19.4 Å². The second-order valence-corrected chi connectivity index (χ2v) is 4.25. The van der Waals surface area contributed by atoms with Crippen molar-refractivity contribution in [3.63, 3.8) is 0 Å². The van der Waals surface area contributed by atoms with E-state index in [1.807, 2.05) is 0 Å². The Kier molecular flexibility index (Phi) is 4.33. The summed E-state index contributed by atoms with van der Waals surface area (Å²) in [4.78, 5) is 30.0. The molecule has 7 nitrogen and oxygen atoms in total. The van der Waals surface area contributed by atoms with Gasteiger partial charge in [0.1, 0.15) is 0 Å². The molecule has 0 radical (unpaired) electrons. The van der Waals surface area contributed by atoms with E-state index in [9.17, 15) is 9.59 Å². The summed E-state index contributed by atoms with van der Waals surface area (Å²) >= 11 is 0. The van der Waals surface area contributed by atoms with Crippen LogP contribution >= 0.6 is 0 Å². The summed E-state index contributed by atoms with van der Waals surface area (Å²) < 4.78 is 5.11. The molecule has 1 aromatic rings. The van der Waals surface area contributed by atoms with Gasteiger partial charge in [0.25, 0.3) is 0 Å². The van der Waals surface area contributed by atoms with Crippen LogP contribution in [0.5, 0.6) is 0 Å². The number of aromatic carboxylic acids is 1. The van der Waals surface area contributed by atoms with Crippen LogP contribution in [0.3, 0.4) is 0 Å². The van der Waals surface area contributed by atoms with E-state index in [0.29, 0.717) is 0 Å². The smallest absolute Gasteiger partial charge is 0.358 e. The number of carboxylic acids is 1. The lowest BCUT2D eigenvalue weighted by Crippen LogP contribution is -2.30. The summed E-state index contributed by atoms with van der Waals surface area (Å²) in [6, 6.07) is 0. The summed E-state index contributed by atoms with van der Waals surface area (Å²) in [5.41, 5.74) is -0.920. The quantitative estimate of drug-likeness (QED) is 0.809. The molecule has 0 bridgehead atoms. The van der Waals surface area contributed by atoms with Crippen LogP contribution in [0.4, 0.5) is 5.82 Å². The molecule has 1 rings (SSSR count). The minimum atomic E-state index is -1.25. The molecule has 0 saturated heterocycles.